The smallest absolute Gasteiger partial charge is 0.00952 e. The van der Waals surface area contributed by atoms with Gasteiger partial charge in [0.2, 0.25) is 0 Å². The Hall–Kier alpha value is 0.440. The zero-order valence-electron chi connectivity index (χ0n) is 10.3. The fourth-order valence-electron chi connectivity index (χ4n) is 2.76. The first kappa shape index (κ1) is 13.5. The van der Waals surface area contributed by atoms with Crippen molar-refractivity contribution in [2.45, 2.75) is 58.4 Å². The first-order valence-corrected chi connectivity index (χ1v) is 7.73. The summed E-state index contributed by atoms with van der Waals surface area (Å²) >= 11 is 3.66. The molecule has 1 fully saturated rings. The number of nitrogens with zero attached hydrogens (tertiary/aromatic N) is 1. The molecular weight excluding hydrogens is 250 g/mol. The van der Waals surface area contributed by atoms with Crippen LogP contribution in [0.25, 0.3) is 0 Å². The molecule has 2 heteroatoms. The molecule has 1 unspecified atom stereocenters. The van der Waals surface area contributed by atoms with E-state index in [0.29, 0.717) is 0 Å². The summed E-state index contributed by atoms with van der Waals surface area (Å²) < 4.78 is 0. The molecule has 15 heavy (non-hydrogen) atoms. The first-order valence-electron chi connectivity index (χ1n) is 6.61. The molecule has 0 aliphatic heterocycles. The third-order valence-electron chi connectivity index (χ3n) is 3.66. The lowest BCUT2D eigenvalue weighted by Gasteiger charge is -2.30. The summed E-state index contributed by atoms with van der Waals surface area (Å²) in [6, 6.07) is 0.897. The highest BCUT2D eigenvalue weighted by Crippen LogP contribution is 2.25. The average molecular weight is 276 g/mol. The van der Waals surface area contributed by atoms with Gasteiger partial charge in [0.25, 0.3) is 0 Å². The van der Waals surface area contributed by atoms with Crippen LogP contribution in [0.5, 0.6) is 0 Å². The zero-order chi connectivity index (χ0) is 11.1. The molecule has 1 atom stereocenters. The monoisotopic (exact) mass is 275 g/mol. The van der Waals surface area contributed by atoms with Gasteiger partial charge in [0.15, 0.2) is 0 Å². The fourth-order valence-corrected chi connectivity index (χ4v) is 3.29. The quantitative estimate of drug-likeness (QED) is 0.634. The Morgan fingerprint density at radius 1 is 1.27 bits per heavy atom. The second-order valence-corrected chi connectivity index (χ2v) is 5.48. The number of alkyl halides is 1. The molecule has 0 aromatic carbocycles. The van der Waals surface area contributed by atoms with Crippen LogP contribution < -0.4 is 0 Å². The molecule has 0 saturated heterocycles. The van der Waals surface area contributed by atoms with Crippen LogP contribution in [0.15, 0.2) is 0 Å². The molecular formula is C13H26BrN. The van der Waals surface area contributed by atoms with E-state index in [1.54, 1.807) is 0 Å². The Kier molecular flexibility index (Phi) is 6.91. The minimum Gasteiger partial charge on any atom is -0.300 e. The van der Waals surface area contributed by atoms with Crippen LogP contribution in [0.1, 0.15) is 52.4 Å². The summed E-state index contributed by atoms with van der Waals surface area (Å²) in [6.07, 6.45) is 8.47. The van der Waals surface area contributed by atoms with Crippen molar-refractivity contribution in [3.05, 3.63) is 0 Å². The maximum absolute atomic E-state index is 3.66. The van der Waals surface area contributed by atoms with E-state index in [2.05, 4.69) is 34.7 Å². The molecule has 0 aromatic rings. The summed E-state index contributed by atoms with van der Waals surface area (Å²) in [6.45, 7) is 7.15. The molecule has 1 nitrogen and oxygen atoms in total. The van der Waals surface area contributed by atoms with Gasteiger partial charge < -0.3 is 4.90 Å². The van der Waals surface area contributed by atoms with E-state index in [9.17, 15) is 0 Å². The molecule has 0 amide bonds. The summed E-state index contributed by atoms with van der Waals surface area (Å²) in [5.41, 5.74) is 0. The van der Waals surface area contributed by atoms with Gasteiger partial charge in [-0.05, 0) is 31.7 Å². The van der Waals surface area contributed by atoms with Gasteiger partial charge in [-0.1, -0.05) is 49.0 Å². The molecule has 0 heterocycles. The molecule has 1 rings (SSSR count). The van der Waals surface area contributed by atoms with Crippen LogP contribution in [0.4, 0.5) is 0 Å². The lowest BCUT2D eigenvalue weighted by Crippen LogP contribution is -2.37. The van der Waals surface area contributed by atoms with E-state index in [4.69, 9.17) is 0 Å². The van der Waals surface area contributed by atoms with Gasteiger partial charge >= 0.3 is 0 Å². The maximum atomic E-state index is 3.66. The highest BCUT2D eigenvalue weighted by Gasteiger charge is 2.23. The van der Waals surface area contributed by atoms with Crippen molar-refractivity contribution in [1.29, 1.82) is 0 Å². The molecule has 0 bridgehead atoms. The van der Waals surface area contributed by atoms with Crippen molar-refractivity contribution in [2.75, 3.05) is 18.4 Å². The molecule has 0 aromatic heterocycles. The van der Waals surface area contributed by atoms with Crippen LogP contribution in [0.3, 0.4) is 0 Å². The Balaban J connectivity index is 2.36. The van der Waals surface area contributed by atoms with Crippen LogP contribution in [-0.4, -0.2) is 29.4 Å². The second kappa shape index (κ2) is 7.67. The minimum absolute atomic E-state index is 0.857. The van der Waals surface area contributed by atoms with E-state index < -0.39 is 0 Å². The van der Waals surface area contributed by atoms with Gasteiger partial charge in [0.1, 0.15) is 0 Å². The third-order valence-corrected chi connectivity index (χ3v) is 4.57. The van der Waals surface area contributed by atoms with E-state index >= 15 is 0 Å². The van der Waals surface area contributed by atoms with Crippen molar-refractivity contribution in [3.63, 3.8) is 0 Å². The molecule has 1 saturated carbocycles. The Morgan fingerprint density at radius 3 is 2.40 bits per heavy atom. The third kappa shape index (κ3) is 4.44. The first-order chi connectivity index (χ1) is 7.31. The number of hydrogen-bond donors (Lipinski definition) is 0. The van der Waals surface area contributed by atoms with E-state index in [0.717, 1.165) is 12.0 Å². The van der Waals surface area contributed by atoms with Gasteiger partial charge in [-0.25, -0.2) is 0 Å². The van der Waals surface area contributed by atoms with Crippen molar-refractivity contribution in [2.24, 2.45) is 5.92 Å². The van der Waals surface area contributed by atoms with E-state index in [-0.39, 0.29) is 0 Å². The molecule has 0 N–H and O–H groups in total. The van der Waals surface area contributed by atoms with Crippen LogP contribution in [-0.2, 0) is 0 Å². The van der Waals surface area contributed by atoms with Gasteiger partial charge in [0, 0.05) is 17.9 Å². The van der Waals surface area contributed by atoms with Gasteiger partial charge in [-0.3, -0.25) is 0 Å². The molecule has 90 valence electrons. The van der Waals surface area contributed by atoms with Crippen molar-refractivity contribution in [3.8, 4) is 0 Å². The summed E-state index contributed by atoms with van der Waals surface area (Å²) in [5.74, 6) is 0.857. The highest BCUT2D eigenvalue weighted by atomic mass is 79.9. The topological polar surface area (TPSA) is 3.24 Å². The predicted octanol–water partition coefficient (Wildman–Crippen LogP) is 4.06. The number of halogens is 1. The standard InChI is InChI=1S/C13H26BrN/c1-3-7-12(10-14)11-15(4-2)13-8-5-6-9-13/h12-13H,3-11H2,1-2H3. The fraction of sp³-hybridized carbons (Fsp3) is 1.00. The van der Waals surface area contributed by atoms with E-state index in [1.165, 1.54) is 56.9 Å². The molecule has 0 spiro atoms. The molecule has 0 radical (unpaired) electrons. The van der Waals surface area contributed by atoms with Crippen LogP contribution >= 0.6 is 15.9 Å². The van der Waals surface area contributed by atoms with Gasteiger partial charge in [-0.15, -0.1) is 0 Å². The van der Waals surface area contributed by atoms with Crippen molar-refractivity contribution >= 4 is 15.9 Å². The zero-order valence-corrected chi connectivity index (χ0v) is 11.9. The number of rotatable bonds is 7. The van der Waals surface area contributed by atoms with Crippen molar-refractivity contribution in [1.82, 2.24) is 4.90 Å². The van der Waals surface area contributed by atoms with Gasteiger partial charge in [-0.2, -0.15) is 0 Å². The summed E-state index contributed by atoms with van der Waals surface area (Å²) in [4.78, 5) is 2.72. The Labute approximate surface area is 104 Å². The van der Waals surface area contributed by atoms with Gasteiger partial charge in [0.05, 0.1) is 0 Å². The highest BCUT2D eigenvalue weighted by molar-refractivity contribution is 9.09. The molecule has 1 aliphatic carbocycles. The van der Waals surface area contributed by atoms with Crippen LogP contribution in [0.2, 0.25) is 0 Å². The Morgan fingerprint density at radius 2 is 1.93 bits per heavy atom. The SMILES string of the molecule is CCCC(CBr)CN(CC)C1CCCC1. The Bertz CT molecular complexity index is 155. The largest absolute Gasteiger partial charge is 0.300 e. The second-order valence-electron chi connectivity index (χ2n) is 4.83. The summed E-state index contributed by atoms with van der Waals surface area (Å²) in [5, 5.41) is 1.17. The van der Waals surface area contributed by atoms with Crippen molar-refractivity contribution < 1.29 is 0 Å². The lowest BCUT2D eigenvalue weighted by molar-refractivity contribution is 0.179. The average Bonchev–Trinajstić information content (AvgIpc) is 2.77. The van der Waals surface area contributed by atoms with E-state index in [1.807, 2.05) is 0 Å². The summed E-state index contributed by atoms with van der Waals surface area (Å²) in [7, 11) is 0. The normalized spacial score (nSPS) is 20.0. The number of hydrogen-bond acceptors (Lipinski definition) is 1. The van der Waals surface area contributed by atoms with Crippen LogP contribution in [0, 0.1) is 5.92 Å². The lowest BCUT2D eigenvalue weighted by atomic mass is 10.0. The minimum atomic E-state index is 0.857. The maximum Gasteiger partial charge on any atom is 0.00952 e. The molecule has 1 aliphatic rings. The predicted molar refractivity (Wildman–Crippen MR) is 71.7 cm³/mol.